The lowest BCUT2D eigenvalue weighted by Crippen LogP contribution is -2.16. The van der Waals surface area contributed by atoms with Gasteiger partial charge in [0, 0.05) is 5.69 Å². The van der Waals surface area contributed by atoms with E-state index >= 15 is 0 Å². The maximum atomic E-state index is 13.3. The summed E-state index contributed by atoms with van der Waals surface area (Å²) in [6.45, 7) is 6.54. The summed E-state index contributed by atoms with van der Waals surface area (Å²) in [5.41, 5.74) is 7.65. The van der Waals surface area contributed by atoms with Crippen LogP contribution in [0.3, 0.4) is 0 Å². The van der Waals surface area contributed by atoms with E-state index in [-0.39, 0.29) is 17.1 Å². The highest BCUT2D eigenvalue weighted by atomic mass is 19.1. The Morgan fingerprint density at radius 1 is 1.47 bits per heavy atom. The van der Waals surface area contributed by atoms with Crippen LogP contribution in [0.2, 0.25) is 0 Å². The van der Waals surface area contributed by atoms with Crippen LogP contribution < -0.4 is 5.73 Å². The second-order valence-electron chi connectivity index (χ2n) is 5.35. The largest absolute Gasteiger partial charge is 0.381 e. The normalized spacial score (nSPS) is 20.4. The first-order valence-electron chi connectivity index (χ1n) is 5.34. The lowest BCUT2D eigenvalue weighted by Gasteiger charge is -2.27. The van der Waals surface area contributed by atoms with Crippen LogP contribution in [0.25, 0.3) is 0 Å². The zero-order valence-corrected chi connectivity index (χ0v) is 9.47. The fourth-order valence-corrected chi connectivity index (χ4v) is 2.40. The number of nitrogens with zero attached hydrogens (tertiary/aromatic N) is 1. The van der Waals surface area contributed by atoms with E-state index in [9.17, 15) is 4.39 Å². The third kappa shape index (κ3) is 1.71. The number of fused-ring (bicyclic) bond motifs is 1. The van der Waals surface area contributed by atoms with Crippen molar-refractivity contribution in [1.82, 2.24) is 4.98 Å². The highest BCUT2D eigenvalue weighted by Gasteiger charge is 2.33. The van der Waals surface area contributed by atoms with Gasteiger partial charge in [-0.15, -0.1) is 0 Å². The Morgan fingerprint density at radius 3 is 2.73 bits per heavy atom. The first-order chi connectivity index (χ1) is 6.89. The summed E-state index contributed by atoms with van der Waals surface area (Å²) >= 11 is 0. The Hall–Kier alpha value is -1.12. The van der Waals surface area contributed by atoms with Gasteiger partial charge in [0.05, 0.1) is 0 Å². The van der Waals surface area contributed by atoms with Gasteiger partial charge in [0.15, 0.2) is 11.6 Å². The van der Waals surface area contributed by atoms with Crippen molar-refractivity contribution in [3.63, 3.8) is 0 Å². The Bertz CT molecular complexity index is 393. The van der Waals surface area contributed by atoms with Crippen molar-refractivity contribution in [2.75, 3.05) is 5.73 Å². The molecule has 0 fully saturated rings. The van der Waals surface area contributed by atoms with Gasteiger partial charge in [-0.05, 0) is 35.8 Å². The molecule has 1 atom stereocenters. The van der Waals surface area contributed by atoms with Crippen LogP contribution in [-0.2, 0) is 6.42 Å². The van der Waals surface area contributed by atoms with Gasteiger partial charge in [0.25, 0.3) is 0 Å². The molecule has 1 aliphatic carbocycles. The average Bonchev–Trinajstić information content (AvgIpc) is 2.47. The molecule has 1 heterocycles. The monoisotopic (exact) mass is 208 g/mol. The molecule has 1 aromatic heterocycles. The van der Waals surface area contributed by atoms with Gasteiger partial charge in [-0.2, -0.15) is 0 Å². The fourth-order valence-electron chi connectivity index (χ4n) is 2.40. The van der Waals surface area contributed by atoms with Gasteiger partial charge in [-0.3, -0.25) is 0 Å². The molecule has 1 unspecified atom stereocenters. The predicted molar refractivity (Wildman–Crippen MR) is 59.1 cm³/mol. The highest BCUT2D eigenvalue weighted by Crippen LogP contribution is 2.44. The number of anilines is 1. The molecule has 1 aromatic rings. The number of hydrogen-bond donors (Lipinski definition) is 1. The maximum absolute atomic E-state index is 13.3. The SMILES string of the molecule is CC(C)(C)C1CCc2nc(N)c(F)cc21. The van der Waals surface area contributed by atoms with E-state index in [1.165, 1.54) is 0 Å². The first kappa shape index (κ1) is 10.4. The molecule has 0 aromatic carbocycles. The number of aromatic nitrogens is 1. The molecule has 15 heavy (non-hydrogen) atoms. The summed E-state index contributed by atoms with van der Waals surface area (Å²) in [5.74, 6) is 0.0447. The molecular formula is C12H17FN2. The second kappa shape index (κ2) is 3.19. The van der Waals surface area contributed by atoms with Crippen LogP contribution in [0, 0.1) is 11.2 Å². The van der Waals surface area contributed by atoms with E-state index in [4.69, 9.17) is 5.73 Å². The molecule has 82 valence electrons. The molecule has 0 spiro atoms. The van der Waals surface area contributed by atoms with Crippen molar-refractivity contribution in [1.29, 1.82) is 0 Å². The van der Waals surface area contributed by atoms with E-state index in [2.05, 4.69) is 25.8 Å². The number of aryl methyl sites for hydroxylation is 1. The lowest BCUT2D eigenvalue weighted by atomic mass is 9.77. The molecule has 0 saturated heterocycles. The minimum Gasteiger partial charge on any atom is -0.381 e. The molecule has 0 amide bonds. The van der Waals surface area contributed by atoms with E-state index in [1.807, 2.05) is 0 Å². The van der Waals surface area contributed by atoms with Crippen LogP contribution in [0.1, 0.15) is 44.4 Å². The summed E-state index contributed by atoms with van der Waals surface area (Å²) in [7, 11) is 0. The van der Waals surface area contributed by atoms with Crippen molar-refractivity contribution in [3.8, 4) is 0 Å². The Labute approximate surface area is 89.7 Å². The van der Waals surface area contributed by atoms with Crippen LogP contribution in [0.5, 0.6) is 0 Å². The van der Waals surface area contributed by atoms with Gasteiger partial charge >= 0.3 is 0 Å². The Balaban J connectivity index is 2.47. The molecule has 2 N–H and O–H groups in total. The molecule has 0 aliphatic heterocycles. The number of halogens is 1. The Kier molecular flexibility index (Phi) is 2.21. The average molecular weight is 208 g/mol. The van der Waals surface area contributed by atoms with Gasteiger partial charge in [-0.1, -0.05) is 20.8 Å². The van der Waals surface area contributed by atoms with Gasteiger partial charge < -0.3 is 5.73 Å². The predicted octanol–water partition coefficient (Wildman–Crippen LogP) is 2.88. The molecular weight excluding hydrogens is 191 g/mol. The molecule has 2 rings (SSSR count). The molecule has 2 nitrogen and oxygen atoms in total. The first-order valence-corrected chi connectivity index (χ1v) is 5.34. The van der Waals surface area contributed by atoms with Crippen LogP contribution in [-0.4, -0.2) is 4.98 Å². The highest BCUT2D eigenvalue weighted by molar-refractivity contribution is 5.40. The summed E-state index contributed by atoms with van der Waals surface area (Å²) in [6, 6.07) is 1.57. The van der Waals surface area contributed by atoms with E-state index in [1.54, 1.807) is 6.07 Å². The zero-order valence-electron chi connectivity index (χ0n) is 9.47. The molecule has 1 aliphatic rings. The van der Waals surface area contributed by atoms with Crippen molar-refractivity contribution in [2.45, 2.75) is 39.5 Å². The van der Waals surface area contributed by atoms with Gasteiger partial charge in [0.1, 0.15) is 0 Å². The number of pyridine rings is 1. The minimum absolute atomic E-state index is 0.0308. The summed E-state index contributed by atoms with van der Waals surface area (Å²) in [4.78, 5) is 4.12. The fraction of sp³-hybridized carbons (Fsp3) is 0.583. The third-order valence-electron chi connectivity index (χ3n) is 3.21. The number of rotatable bonds is 0. The third-order valence-corrected chi connectivity index (χ3v) is 3.21. The molecule has 0 bridgehead atoms. The van der Waals surface area contributed by atoms with Crippen molar-refractivity contribution in [2.24, 2.45) is 5.41 Å². The minimum atomic E-state index is -0.384. The van der Waals surface area contributed by atoms with Gasteiger partial charge in [0.2, 0.25) is 0 Å². The molecule has 0 radical (unpaired) electrons. The number of nitrogens with two attached hydrogens (primary N) is 1. The zero-order chi connectivity index (χ0) is 11.2. The van der Waals surface area contributed by atoms with E-state index < -0.39 is 0 Å². The van der Waals surface area contributed by atoms with Crippen LogP contribution >= 0.6 is 0 Å². The van der Waals surface area contributed by atoms with Crippen molar-refractivity contribution >= 4 is 5.82 Å². The van der Waals surface area contributed by atoms with Crippen LogP contribution in [0.4, 0.5) is 10.2 Å². The molecule has 3 heteroatoms. The topological polar surface area (TPSA) is 38.9 Å². The molecule has 0 saturated carbocycles. The van der Waals surface area contributed by atoms with Crippen molar-refractivity contribution in [3.05, 3.63) is 23.1 Å². The number of nitrogen functional groups attached to an aromatic ring is 1. The van der Waals surface area contributed by atoms with E-state index in [0.717, 1.165) is 24.1 Å². The Morgan fingerprint density at radius 2 is 2.13 bits per heavy atom. The van der Waals surface area contributed by atoms with E-state index in [0.29, 0.717) is 5.92 Å². The van der Waals surface area contributed by atoms with Crippen molar-refractivity contribution < 1.29 is 4.39 Å². The summed E-state index contributed by atoms with van der Waals surface area (Å²) in [5, 5.41) is 0. The summed E-state index contributed by atoms with van der Waals surface area (Å²) < 4.78 is 13.3. The maximum Gasteiger partial charge on any atom is 0.165 e. The smallest absolute Gasteiger partial charge is 0.165 e. The standard InChI is InChI=1S/C12H17FN2/c1-12(2,3)8-4-5-10-7(8)6-9(13)11(14)15-10/h6,8H,4-5H2,1-3H3,(H2,14,15). The lowest BCUT2D eigenvalue weighted by molar-refractivity contribution is 0.318. The summed E-state index contributed by atoms with van der Waals surface area (Å²) in [6.07, 6.45) is 1.97. The number of hydrogen-bond acceptors (Lipinski definition) is 2. The second-order valence-corrected chi connectivity index (χ2v) is 5.35. The van der Waals surface area contributed by atoms with Gasteiger partial charge in [-0.25, -0.2) is 9.37 Å². The quantitative estimate of drug-likeness (QED) is 0.712. The van der Waals surface area contributed by atoms with Crippen LogP contribution in [0.15, 0.2) is 6.07 Å².